The molecule has 1 aromatic carbocycles. The maximum atomic E-state index is 5.19. The Morgan fingerprint density at radius 3 is 2.64 bits per heavy atom. The summed E-state index contributed by atoms with van der Waals surface area (Å²) in [6, 6.07) is 8.38. The van der Waals surface area contributed by atoms with Crippen molar-refractivity contribution in [2.75, 3.05) is 7.11 Å². The van der Waals surface area contributed by atoms with E-state index in [1.54, 1.807) is 7.11 Å². The van der Waals surface area contributed by atoms with E-state index in [4.69, 9.17) is 4.74 Å². The molecule has 11 heavy (non-hydrogen) atoms. The smallest absolute Gasteiger partial charge is 0.0793 e. The van der Waals surface area contributed by atoms with Crippen molar-refractivity contribution >= 4 is 0 Å². The van der Waals surface area contributed by atoms with Crippen molar-refractivity contribution in [3.05, 3.63) is 35.4 Å². The van der Waals surface area contributed by atoms with Crippen LogP contribution in [0.1, 0.15) is 24.2 Å². The van der Waals surface area contributed by atoms with E-state index in [0.717, 1.165) is 0 Å². The van der Waals surface area contributed by atoms with Crippen LogP contribution >= 0.6 is 0 Å². The molecule has 0 fully saturated rings. The molecule has 1 aromatic rings. The van der Waals surface area contributed by atoms with E-state index in [0.29, 0.717) is 0 Å². The molecule has 0 aliphatic heterocycles. The predicted octanol–water partition coefficient (Wildman–Crippen LogP) is 2.70. The van der Waals surface area contributed by atoms with E-state index < -0.39 is 0 Å². The Labute approximate surface area is 68.0 Å². The molecule has 0 amide bonds. The first-order chi connectivity index (χ1) is 5.24. The molecule has 0 aromatic heterocycles. The molecule has 1 rings (SSSR count). The number of benzene rings is 1. The van der Waals surface area contributed by atoms with Crippen LogP contribution in [0.25, 0.3) is 0 Å². The summed E-state index contributed by atoms with van der Waals surface area (Å²) in [5.74, 6) is 0. The molecule has 0 aliphatic carbocycles. The van der Waals surface area contributed by atoms with Crippen LogP contribution in [0.15, 0.2) is 24.3 Å². The minimum Gasteiger partial charge on any atom is -0.377 e. The lowest BCUT2D eigenvalue weighted by Gasteiger charge is -2.09. The lowest BCUT2D eigenvalue weighted by Crippen LogP contribution is -1.95. The van der Waals surface area contributed by atoms with Crippen molar-refractivity contribution in [2.24, 2.45) is 0 Å². The molecule has 1 unspecified atom stereocenters. The van der Waals surface area contributed by atoms with Crippen molar-refractivity contribution in [3.63, 3.8) is 0 Å². The summed E-state index contributed by atoms with van der Waals surface area (Å²) in [6.07, 6.45) is 0.204. The molecule has 1 heteroatoms. The lowest BCUT2D eigenvalue weighted by atomic mass is 10.1. The second-order valence-electron chi connectivity index (χ2n) is 2.79. The molecule has 0 spiro atoms. The molecule has 0 saturated carbocycles. The van der Waals surface area contributed by atoms with Gasteiger partial charge in [-0.15, -0.1) is 0 Å². The first kappa shape index (κ1) is 8.28. The van der Waals surface area contributed by atoms with Gasteiger partial charge in [0.1, 0.15) is 0 Å². The molecule has 1 atom stereocenters. The van der Waals surface area contributed by atoms with Crippen molar-refractivity contribution < 1.29 is 4.74 Å². The summed E-state index contributed by atoms with van der Waals surface area (Å²) < 4.78 is 5.19. The van der Waals surface area contributed by atoms with Crippen molar-refractivity contribution in [2.45, 2.75) is 20.0 Å². The molecule has 0 aliphatic rings. The third-order valence-electron chi connectivity index (χ3n) is 1.87. The number of hydrogen-bond acceptors (Lipinski definition) is 1. The largest absolute Gasteiger partial charge is 0.377 e. The predicted molar refractivity (Wildman–Crippen MR) is 46.6 cm³/mol. The fraction of sp³-hybridized carbons (Fsp3) is 0.400. The highest BCUT2D eigenvalue weighted by atomic mass is 16.5. The monoisotopic (exact) mass is 150 g/mol. The Hall–Kier alpha value is -0.820. The van der Waals surface area contributed by atoms with Crippen molar-refractivity contribution in [3.8, 4) is 0 Å². The number of rotatable bonds is 2. The number of aryl methyl sites for hydroxylation is 1. The van der Waals surface area contributed by atoms with Crippen LogP contribution in [0.2, 0.25) is 0 Å². The van der Waals surface area contributed by atoms with E-state index in [1.165, 1.54) is 11.1 Å². The van der Waals surface area contributed by atoms with E-state index >= 15 is 0 Å². The maximum Gasteiger partial charge on any atom is 0.0793 e. The Bertz CT molecular complexity index is 230. The number of ether oxygens (including phenoxy) is 1. The van der Waals surface area contributed by atoms with E-state index in [-0.39, 0.29) is 6.10 Å². The normalized spacial score (nSPS) is 13.0. The average Bonchev–Trinajstić information content (AvgIpc) is 2.03. The molecular formula is C10H14O. The van der Waals surface area contributed by atoms with Crippen LogP contribution in [-0.2, 0) is 4.74 Å². The summed E-state index contributed by atoms with van der Waals surface area (Å²) in [7, 11) is 1.73. The second-order valence-corrected chi connectivity index (χ2v) is 2.79. The first-order valence-corrected chi connectivity index (χ1v) is 3.83. The molecule has 0 heterocycles. The van der Waals surface area contributed by atoms with Crippen molar-refractivity contribution in [1.29, 1.82) is 0 Å². The maximum absolute atomic E-state index is 5.19. The van der Waals surface area contributed by atoms with Crippen LogP contribution in [0, 0.1) is 6.92 Å². The number of hydrogen-bond donors (Lipinski definition) is 0. The Balaban J connectivity index is 2.86. The summed E-state index contributed by atoms with van der Waals surface area (Å²) in [5.41, 5.74) is 2.53. The highest BCUT2D eigenvalue weighted by Gasteiger charge is 2.01. The third-order valence-corrected chi connectivity index (χ3v) is 1.87. The minimum absolute atomic E-state index is 0.204. The fourth-order valence-corrected chi connectivity index (χ4v) is 1.06. The molecule has 0 N–H and O–H groups in total. The molecule has 0 saturated heterocycles. The van der Waals surface area contributed by atoms with Crippen LogP contribution in [0.3, 0.4) is 0 Å². The van der Waals surface area contributed by atoms with Gasteiger partial charge in [0.15, 0.2) is 0 Å². The van der Waals surface area contributed by atoms with Gasteiger partial charge in [-0.25, -0.2) is 0 Å². The van der Waals surface area contributed by atoms with Crippen molar-refractivity contribution in [1.82, 2.24) is 0 Å². The van der Waals surface area contributed by atoms with Gasteiger partial charge in [0, 0.05) is 7.11 Å². The summed E-state index contributed by atoms with van der Waals surface area (Å²) in [5, 5.41) is 0. The topological polar surface area (TPSA) is 9.23 Å². The zero-order valence-corrected chi connectivity index (χ0v) is 7.29. The van der Waals surface area contributed by atoms with E-state index in [2.05, 4.69) is 38.1 Å². The van der Waals surface area contributed by atoms with Gasteiger partial charge >= 0.3 is 0 Å². The zero-order valence-electron chi connectivity index (χ0n) is 7.29. The highest BCUT2D eigenvalue weighted by Crippen LogP contribution is 2.15. The third kappa shape index (κ3) is 2.05. The second kappa shape index (κ2) is 3.54. The average molecular weight is 150 g/mol. The van der Waals surface area contributed by atoms with Crippen LogP contribution in [0.4, 0.5) is 0 Å². The Kier molecular flexibility index (Phi) is 2.66. The highest BCUT2D eigenvalue weighted by molar-refractivity contribution is 5.23. The van der Waals surface area contributed by atoms with Crippen LogP contribution < -0.4 is 0 Å². The van der Waals surface area contributed by atoms with E-state index in [9.17, 15) is 0 Å². The number of methoxy groups -OCH3 is 1. The molecule has 0 bridgehead atoms. The van der Waals surface area contributed by atoms with Gasteiger partial charge in [0.25, 0.3) is 0 Å². The fourth-order valence-electron chi connectivity index (χ4n) is 1.06. The molecule has 0 radical (unpaired) electrons. The van der Waals surface area contributed by atoms with Crippen LogP contribution in [0.5, 0.6) is 0 Å². The van der Waals surface area contributed by atoms with Crippen LogP contribution in [-0.4, -0.2) is 7.11 Å². The molecule has 60 valence electrons. The first-order valence-electron chi connectivity index (χ1n) is 3.83. The zero-order chi connectivity index (χ0) is 8.27. The van der Waals surface area contributed by atoms with Gasteiger partial charge in [0.2, 0.25) is 0 Å². The van der Waals surface area contributed by atoms with Gasteiger partial charge < -0.3 is 4.74 Å². The Morgan fingerprint density at radius 2 is 2.09 bits per heavy atom. The van der Waals surface area contributed by atoms with Gasteiger partial charge in [0.05, 0.1) is 6.10 Å². The summed E-state index contributed by atoms with van der Waals surface area (Å²) in [6.45, 7) is 4.14. The molecular weight excluding hydrogens is 136 g/mol. The Morgan fingerprint density at radius 1 is 1.36 bits per heavy atom. The summed E-state index contributed by atoms with van der Waals surface area (Å²) >= 11 is 0. The quantitative estimate of drug-likeness (QED) is 0.629. The van der Waals surface area contributed by atoms with E-state index in [1.807, 2.05) is 0 Å². The SMILES string of the molecule is COC(C)c1cccc(C)c1. The van der Waals surface area contributed by atoms with Gasteiger partial charge in [-0.2, -0.15) is 0 Å². The molecule has 1 nitrogen and oxygen atoms in total. The minimum atomic E-state index is 0.204. The summed E-state index contributed by atoms with van der Waals surface area (Å²) in [4.78, 5) is 0. The standard InChI is InChI=1S/C10H14O/c1-8-5-4-6-10(7-8)9(2)11-3/h4-7,9H,1-3H3. The lowest BCUT2D eigenvalue weighted by molar-refractivity contribution is 0.119. The van der Waals surface area contributed by atoms with Gasteiger partial charge in [-0.3, -0.25) is 0 Å². The van der Waals surface area contributed by atoms with Gasteiger partial charge in [-0.05, 0) is 19.4 Å². The van der Waals surface area contributed by atoms with Gasteiger partial charge in [-0.1, -0.05) is 29.8 Å².